The van der Waals surface area contributed by atoms with Crippen molar-refractivity contribution in [2.24, 2.45) is 0 Å². The van der Waals surface area contributed by atoms with E-state index in [1.807, 2.05) is 42.5 Å². The van der Waals surface area contributed by atoms with E-state index >= 15 is 0 Å². The van der Waals surface area contributed by atoms with Gasteiger partial charge in [0.1, 0.15) is 30.3 Å². The van der Waals surface area contributed by atoms with Gasteiger partial charge in [-0.25, -0.2) is 4.79 Å². The summed E-state index contributed by atoms with van der Waals surface area (Å²) in [5.41, 5.74) is -0.0283. The van der Waals surface area contributed by atoms with Gasteiger partial charge in [-0.1, -0.05) is 30.3 Å². The lowest BCUT2D eigenvalue weighted by Gasteiger charge is -2.41. The topological polar surface area (TPSA) is 79.3 Å². The van der Waals surface area contributed by atoms with Crippen LogP contribution in [-0.2, 0) is 9.53 Å². The number of amides is 2. The summed E-state index contributed by atoms with van der Waals surface area (Å²) in [6, 6.07) is 19.8. The SMILES string of the molecule is CC(C)(C)OC(=O)N1CC(=O)N(c2ccc(O)cc2)[C@@H](COc2ccc3ccccc3c2)C1. The number of carbonyl (C=O) groups is 2. The van der Waals surface area contributed by atoms with Crippen LogP contribution < -0.4 is 9.64 Å². The Bertz CT molecular complexity index is 1150. The van der Waals surface area contributed by atoms with Crippen molar-refractivity contribution in [3.63, 3.8) is 0 Å². The number of nitrogens with zero attached hydrogens (tertiary/aromatic N) is 2. The van der Waals surface area contributed by atoms with E-state index in [0.717, 1.165) is 10.8 Å². The molecule has 172 valence electrons. The quantitative estimate of drug-likeness (QED) is 0.632. The fourth-order valence-corrected chi connectivity index (χ4v) is 3.85. The van der Waals surface area contributed by atoms with E-state index in [0.29, 0.717) is 11.4 Å². The van der Waals surface area contributed by atoms with Crippen LogP contribution in [0.25, 0.3) is 10.8 Å². The molecule has 33 heavy (non-hydrogen) atoms. The van der Waals surface area contributed by atoms with Gasteiger partial charge in [0.25, 0.3) is 0 Å². The molecular formula is C26H28N2O5. The van der Waals surface area contributed by atoms with E-state index in [2.05, 4.69) is 0 Å². The fourth-order valence-electron chi connectivity index (χ4n) is 3.85. The van der Waals surface area contributed by atoms with Crippen molar-refractivity contribution >= 4 is 28.5 Å². The minimum absolute atomic E-state index is 0.0950. The van der Waals surface area contributed by atoms with E-state index in [1.165, 1.54) is 17.0 Å². The Hall–Kier alpha value is -3.74. The summed E-state index contributed by atoms with van der Waals surface area (Å²) < 4.78 is 11.6. The van der Waals surface area contributed by atoms with Crippen LogP contribution in [0, 0.1) is 0 Å². The van der Waals surface area contributed by atoms with Gasteiger partial charge < -0.3 is 19.5 Å². The average Bonchev–Trinajstić information content (AvgIpc) is 2.77. The minimum atomic E-state index is -0.661. The lowest BCUT2D eigenvalue weighted by Crippen LogP contribution is -2.60. The van der Waals surface area contributed by atoms with Crippen molar-refractivity contribution in [2.75, 3.05) is 24.6 Å². The summed E-state index contributed by atoms with van der Waals surface area (Å²) in [6.45, 7) is 5.72. The molecule has 7 nitrogen and oxygen atoms in total. The zero-order chi connectivity index (χ0) is 23.6. The number of piperazine rings is 1. The van der Waals surface area contributed by atoms with Crippen molar-refractivity contribution in [1.29, 1.82) is 0 Å². The second kappa shape index (κ2) is 9.02. The predicted molar refractivity (Wildman–Crippen MR) is 127 cm³/mol. The molecule has 1 N–H and O–H groups in total. The van der Waals surface area contributed by atoms with E-state index in [4.69, 9.17) is 9.47 Å². The van der Waals surface area contributed by atoms with E-state index in [9.17, 15) is 14.7 Å². The number of fused-ring (bicyclic) bond motifs is 1. The van der Waals surface area contributed by atoms with E-state index < -0.39 is 17.7 Å². The standard InChI is InChI=1S/C26H28N2O5/c1-26(2,3)33-25(31)27-15-21(28(24(30)16-27)20-9-11-22(29)12-10-20)17-32-23-13-8-18-6-4-5-7-19(18)14-23/h4-14,21,29H,15-17H2,1-3H3/t21-/m1/s1. The molecule has 0 radical (unpaired) electrons. The predicted octanol–water partition coefficient (Wildman–Crippen LogP) is 4.58. The Labute approximate surface area is 193 Å². The first kappa shape index (κ1) is 22.5. The van der Waals surface area contributed by atoms with Crippen molar-refractivity contribution in [3.8, 4) is 11.5 Å². The first-order valence-electron chi connectivity index (χ1n) is 10.9. The molecule has 1 heterocycles. The van der Waals surface area contributed by atoms with Crippen LogP contribution in [0.1, 0.15) is 20.8 Å². The Morgan fingerprint density at radius 3 is 2.42 bits per heavy atom. The number of phenolic OH excluding ortho intramolecular Hbond substituents is 1. The highest BCUT2D eigenvalue weighted by atomic mass is 16.6. The molecular weight excluding hydrogens is 420 g/mol. The highest BCUT2D eigenvalue weighted by molar-refractivity contribution is 5.98. The zero-order valence-electron chi connectivity index (χ0n) is 19.0. The molecule has 2 amide bonds. The lowest BCUT2D eigenvalue weighted by atomic mass is 10.1. The van der Waals surface area contributed by atoms with Crippen LogP contribution in [0.4, 0.5) is 10.5 Å². The van der Waals surface area contributed by atoms with Gasteiger partial charge in [0.15, 0.2) is 0 Å². The summed E-state index contributed by atoms with van der Waals surface area (Å²) in [4.78, 5) is 28.8. The summed E-state index contributed by atoms with van der Waals surface area (Å²) >= 11 is 0. The third-order valence-electron chi connectivity index (χ3n) is 5.33. The van der Waals surface area contributed by atoms with Crippen LogP contribution in [0.3, 0.4) is 0 Å². The third-order valence-corrected chi connectivity index (χ3v) is 5.33. The number of phenols is 1. The Balaban J connectivity index is 1.57. The molecule has 1 fully saturated rings. The van der Waals surface area contributed by atoms with E-state index in [1.54, 1.807) is 37.8 Å². The van der Waals surface area contributed by atoms with Crippen LogP contribution in [0.2, 0.25) is 0 Å². The van der Waals surface area contributed by atoms with Crippen LogP contribution in [0.15, 0.2) is 66.7 Å². The molecule has 1 saturated heterocycles. The molecule has 7 heteroatoms. The van der Waals surface area contributed by atoms with Crippen molar-refractivity contribution < 1.29 is 24.2 Å². The number of benzene rings is 3. The number of ether oxygens (including phenoxy) is 2. The Morgan fingerprint density at radius 1 is 1.03 bits per heavy atom. The molecule has 3 aromatic rings. The second-order valence-electron chi connectivity index (χ2n) is 9.11. The highest BCUT2D eigenvalue weighted by Crippen LogP contribution is 2.26. The van der Waals surface area contributed by atoms with Crippen molar-refractivity contribution in [2.45, 2.75) is 32.4 Å². The summed E-state index contributed by atoms with van der Waals surface area (Å²) in [5.74, 6) is 0.550. The van der Waals surface area contributed by atoms with Gasteiger partial charge in [0.2, 0.25) is 5.91 Å². The Morgan fingerprint density at radius 2 is 1.73 bits per heavy atom. The molecule has 0 bridgehead atoms. The molecule has 1 aliphatic rings. The monoisotopic (exact) mass is 448 g/mol. The molecule has 0 saturated carbocycles. The molecule has 0 spiro atoms. The lowest BCUT2D eigenvalue weighted by molar-refractivity contribution is -0.122. The zero-order valence-corrected chi connectivity index (χ0v) is 19.0. The number of rotatable bonds is 4. The van der Waals surface area contributed by atoms with Gasteiger partial charge in [0, 0.05) is 12.2 Å². The third kappa shape index (κ3) is 5.37. The molecule has 3 aromatic carbocycles. The molecule has 1 atom stereocenters. The number of hydrogen-bond acceptors (Lipinski definition) is 5. The number of hydrogen-bond donors (Lipinski definition) is 1. The van der Waals surface area contributed by atoms with Crippen molar-refractivity contribution in [3.05, 3.63) is 66.7 Å². The maximum absolute atomic E-state index is 13.1. The summed E-state index contributed by atoms with van der Waals surface area (Å²) in [7, 11) is 0. The molecule has 0 aliphatic carbocycles. The number of aromatic hydroxyl groups is 1. The fraction of sp³-hybridized carbons (Fsp3) is 0.308. The average molecular weight is 449 g/mol. The minimum Gasteiger partial charge on any atom is -0.508 e. The van der Waals surface area contributed by atoms with Gasteiger partial charge >= 0.3 is 6.09 Å². The maximum atomic E-state index is 13.1. The first-order chi connectivity index (χ1) is 15.7. The highest BCUT2D eigenvalue weighted by Gasteiger charge is 2.37. The van der Waals surface area contributed by atoms with Crippen LogP contribution >= 0.6 is 0 Å². The molecule has 0 unspecified atom stereocenters. The van der Waals surface area contributed by atoms with Gasteiger partial charge in [0.05, 0.1) is 6.04 Å². The largest absolute Gasteiger partial charge is 0.508 e. The maximum Gasteiger partial charge on any atom is 0.410 e. The molecule has 4 rings (SSSR count). The van der Waals surface area contributed by atoms with E-state index in [-0.39, 0.29) is 31.4 Å². The van der Waals surface area contributed by atoms with Gasteiger partial charge in [-0.3, -0.25) is 9.69 Å². The normalized spacial score (nSPS) is 16.7. The van der Waals surface area contributed by atoms with Crippen LogP contribution in [-0.4, -0.2) is 53.3 Å². The smallest absolute Gasteiger partial charge is 0.410 e. The van der Waals surface area contributed by atoms with Crippen molar-refractivity contribution in [1.82, 2.24) is 4.90 Å². The van der Waals surface area contributed by atoms with Gasteiger partial charge in [-0.2, -0.15) is 0 Å². The second-order valence-corrected chi connectivity index (χ2v) is 9.11. The number of carbonyl (C=O) groups excluding carboxylic acids is 2. The van der Waals surface area contributed by atoms with Gasteiger partial charge in [-0.15, -0.1) is 0 Å². The first-order valence-corrected chi connectivity index (χ1v) is 10.9. The number of anilines is 1. The van der Waals surface area contributed by atoms with Gasteiger partial charge in [-0.05, 0) is 67.9 Å². The molecule has 0 aromatic heterocycles. The molecule has 1 aliphatic heterocycles. The van der Waals surface area contributed by atoms with Crippen LogP contribution in [0.5, 0.6) is 11.5 Å². The summed E-state index contributed by atoms with van der Waals surface area (Å²) in [6.07, 6.45) is -0.531. The summed E-state index contributed by atoms with van der Waals surface area (Å²) in [5, 5.41) is 11.8. The Kier molecular flexibility index (Phi) is 6.14.